The van der Waals surface area contributed by atoms with E-state index in [1.165, 1.54) is 28.8 Å². The predicted octanol–water partition coefficient (Wildman–Crippen LogP) is 6.49. The summed E-state index contributed by atoms with van der Waals surface area (Å²) in [6.45, 7) is 15.1. The van der Waals surface area contributed by atoms with Crippen molar-refractivity contribution in [2.45, 2.75) is 27.3 Å². The number of aryl methyl sites for hydroxylation is 3. The van der Waals surface area contributed by atoms with E-state index in [1.807, 2.05) is 12.1 Å². The Kier molecular flexibility index (Phi) is 12.9. The van der Waals surface area contributed by atoms with Gasteiger partial charge in [0.15, 0.2) is 0 Å². The zero-order valence-corrected chi connectivity index (χ0v) is 22.3. The Morgan fingerprint density at radius 1 is 1.06 bits per heavy atom. The molecule has 0 radical (unpaired) electrons. The average molecular weight is 547 g/mol. The van der Waals surface area contributed by atoms with E-state index < -0.39 is 0 Å². The van der Waals surface area contributed by atoms with E-state index >= 15 is 0 Å². The van der Waals surface area contributed by atoms with Gasteiger partial charge in [-0.25, -0.2) is 23.5 Å². The van der Waals surface area contributed by atoms with E-state index in [9.17, 15) is 4.39 Å². The molecule has 0 unspecified atom stereocenters. The molecular weight excluding hydrogens is 514 g/mol. The summed E-state index contributed by atoms with van der Waals surface area (Å²) in [5, 5.41) is 3.47. The average Bonchev–Trinajstić information content (AvgIpc) is 3.18. The Morgan fingerprint density at radius 2 is 1.65 bits per heavy atom. The standard InChI is InChI=1S/C19H21FN.C5H11N2S2.Ru/c1-5-6-16-11-18(20)8-7-17(16)12-21-19-14(3)9-13(2)10-15(19)4;1-8-6-3-4-7(5-6)9-2;/h5-11,21H,1,12H2,2-4H3;5H,3-4H2,1-2H3;/q2*-1;+2/b6-5-;;. The first kappa shape index (κ1) is 28.1. The fraction of sp³-hybridized carbons (Fsp3) is 0.333. The van der Waals surface area contributed by atoms with E-state index in [-0.39, 0.29) is 25.3 Å². The van der Waals surface area contributed by atoms with Crippen molar-refractivity contribution in [1.29, 1.82) is 0 Å². The van der Waals surface area contributed by atoms with Crippen LogP contribution in [0.25, 0.3) is 6.08 Å². The number of halogens is 1. The molecule has 170 valence electrons. The molecule has 0 bridgehead atoms. The van der Waals surface area contributed by atoms with E-state index in [1.54, 1.807) is 30.0 Å². The first-order valence-electron chi connectivity index (χ1n) is 9.90. The minimum absolute atomic E-state index is 0. The molecule has 3 rings (SSSR count). The van der Waals surface area contributed by atoms with E-state index in [0.717, 1.165) is 29.9 Å². The normalized spacial score (nSPS) is 14.3. The van der Waals surface area contributed by atoms with Gasteiger partial charge in [-0.2, -0.15) is 6.67 Å². The molecule has 2 aromatic carbocycles. The van der Waals surface area contributed by atoms with Gasteiger partial charge in [-0.3, -0.25) is 0 Å². The van der Waals surface area contributed by atoms with Crippen LogP contribution in [-0.2, 0) is 26.0 Å². The smallest absolute Gasteiger partial charge is 0.386 e. The molecule has 3 nitrogen and oxygen atoms in total. The Hall–Kier alpha value is -0.977. The second kappa shape index (κ2) is 14.2. The molecule has 1 N–H and O–H groups in total. The molecule has 0 aromatic heterocycles. The van der Waals surface area contributed by atoms with Crippen LogP contribution in [0.15, 0.2) is 36.4 Å². The third-order valence-electron chi connectivity index (χ3n) is 4.81. The second-order valence-electron chi connectivity index (χ2n) is 7.13. The minimum Gasteiger partial charge on any atom is -0.386 e. The van der Waals surface area contributed by atoms with Gasteiger partial charge in [0.25, 0.3) is 0 Å². The summed E-state index contributed by atoms with van der Waals surface area (Å²) in [6, 6.07) is 9.17. The van der Waals surface area contributed by atoms with Crippen LogP contribution >= 0.6 is 23.9 Å². The summed E-state index contributed by atoms with van der Waals surface area (Å²) in [5.41, 5.74) is 6.77. The number of nitrogens with zero attached hydrogens (tertiary/aromatic N) is 2. The Balaban J connectivity index is 0.000000404. The molecular formula is C24H32FN3RuS2. The van der Waals surface area contributed by atoms with Crippen LogP contribution in [0.5, 0.6) is 0 Å². The first-order chi connectivity index (χ1) is 14.4. The van der Waals surface area contributed by atoms with Crippen LogP contribution < -0.4 is 5.32 Å². The topological polar surface area (TPSA) is 18.5 Å². The van der Waals surface area contributed by atoms with Gasteiger partial charge < -0.3 is 13.9 Å². The molecule has 31 heavy (non-hydrogen) atoms. The number of rotatable bonds is 6. The number of anilines is 1. The van der Waals surface area contributed by atoms with Crippen LogP contribution in [0.2, 0.25) is 0 Å². The van der Waals surface area contributed by atoms with E-state index in [0.29, 0.717) is 6.54 Å². The van der Waals surface area contributed by atoms with Crippen LogP contribution in [0.3, 0.4) is 0 Å². The van der Waals surface area contributed by atoms with Gasteiger partial charge in [-0.1, -0.05) is 29.3 Å². The fourth-order valence-corrected chi connectivity index (χ4v) is 4.39. The SMILES string of the molecule is CSN1[CH-]N(SC)CC1.[CH2-]/C=C\c1cc(F)ccc1CNc1c(C)cc(C)cc1C.[Ru+2]. The number of allylic oxidation sites excluding steroid dienone is 1. The van der Waals surface area contributed by atoms with Gasteiger partial charge in [0.2, 0.25) is 0 Å². The summed E-state index contributed by atoms with van der Waals surface area (Å²) >= 11 is 3.55. The summed E-state index contributed by atoms with van der Waals surface area (Å²) in [5.74, 6) is -0.227. The fourth-order valence-electron chi connectivity index (χ4n) is 3.38. The van der Waals surface area contributed by atoms with Crippen molar-refractivity contribution in [3.05, 3.63) is 83.6 Å². The first-order valence-corrected chi connectivity index (χ1v) is 12.3. The van der Waals surface area contributed by atoms with Gasteiger partial charge in [-0.05, 0) is 75.2 Å². The molecule has 1 aliphatic heterocycles. The molecule has 2 aromatic rings. The van der Waals surface area contributed by atoms with Crippen molar-refractivity contribution >= 4 is 35.7 Å². The molecule has 1 heterocycles. The summed E-state index contributed by atoms with van der Waals surface area (Å²) < 4.78 is 17.8. The summed E-state index contributed by atoms with van der Waals surface area (Å²) in [4.78, 5) is 0. The number of benzene rings is 2. The molecule has 1 fully saturated rings. The van der Waals surface area contributed by atoms with Gasteiger partial charge in [0, 0.05) is 12.2 Å². The molecule has 0 spiro atoms. The van der Waals surface area contributed by atoms with Gasteiger partial charge >= 0.3 is 19.5 Å². The van der Waals surface area contributed by atoms with Gasteiger partial charge in [0.05, 0.1) is 0 Å². The van der Waals surface area contributed by atoms with Gasteiger partial charge in [-0.15, -0.1) is 23.9 Å². The maximum atomic E-state index is 13.3. The van der Waals surface area contributed by atoms with Gasteiger partial charge in [0.1, 0.15) is 5.82 Å². The molecule has 0 saturated carbocycles. The van der Waals surface area contributed by atoms with Crippen molar-refractivity contribution < 1.29 is 23.9 Å². The maximum absolute atomic E-state index is 13.3. The molecule has 1 aliphatic rings. The van der Waals surface area contributed by atoms with E-state index in [2.05, 4.69) is 72.9 Å². The largest absolute Gasteiger partial charge is 2.00 e. The Morgan fingerprint density at radius 3 is 2.13 bits per heavy atom. The second-order valence-corrected chi connectivity index (χ2v) is 8.80. The minimum atomic E-state index is -0.227. The monoisotopic (exact) mass is 547 g/mol. The third-order valence-corrected chi connectivity index (χ3v) is 6.30. The summed E-state index contributed by atoms with van der Waals surface area (Å²) in [6.07, 6.45) is 7.70. The Labute approximate surface area is 209 Å². The van der Waals surface area contributed by atoms with Crippen molar-refractivity contribution in [2.75, 3.05) is 30.9 Å². The molecule has 0 amide bonds. The van der Waals surface area contributed by atoms with Crippen molar-refractivity contribution in [2.24, 2.45) is 0 Å². The van der Waals surface area contributed by atoms with Crippen LogP contribution in [0.4, 0.5) is 10.1 Å². The zero-order chi connectivity index (χ0) is 22.1. The Bertz CT molecular complexity index is 828. The molecule has 1 saturated heterocycles. The third kappa shape index (κ3) is 8.82. The molecule has 7 heteroatoms. The molecule has 0 atom stereocenters. The quantitative estimate of drug-likeness (QED) is 0.253. The predicted molar refractivity (Wildman–Crippen MR) is 134 cm³/mol. The molecule has 0 aliphatic carbocycles. The zero-order valence-electron chi connectivity index (χ0n) is 18.9. The van der Waals surface area contributed by atoms with Crippen LogP contribution in [0, 0.1) is 40.2 Å². The van der Waals surface area contributed by atoms with Crippen molar-refractivity contribution in [3.63, 3.8) is 0 Å². The van der Waals surface area contributed by atoms with Crippen LogP contribution in [0.1, 0.15) is 27.8 Å². The number of nitrogens with one attached hydrogen (secondary N) is 1. The summed E-state index contributed by atoms with van der Waals surface area (Å²) in [7, 11) is 0. The number of hydrogen-bond donors (Lipinski definition) is 1. The van der Waals surface area contributed by atoms with Crippen molar-refractivity contribution in [1.82, 2.24) is 8.61 Å². The van der Waals surface area contributed by atoms with Crippen LogP contribution in [-0.4, -0.2) is 34.2 Å². The van der Waals surface area contributed by atoms with E-state index in [4.69, 9.17) is 0 Å². The maximum Gasteiger partial charge on any atom is 2.00 e. The number of hydrogen-bond acceptors (Lipinski definition) is 5. The van der Waals surface area contributed by atoms with Crippen molar-refractivity contribution in [3.8, 4) is 0 Å².